The van der Waals surface area contributed by atoms with Gasteiger partial charge < -0.3 is 14.8 Å². The van der Waals surface area contributed by atoms with Gasteiger partial charge in [-0.3, -0.25) is 4.79 Å². The first-order valence-electron chi connectivity index (χ1n) is 10.0. The van der Waals surface area contributed by atoms with Crippen LogP contribution in [-0.2, 0) is 9.53 Å². The van der Waals surface area contributed by atoms with E-state index < -0.39 is 5.60 Å². The van der Waals surface area contributed by atoms with Crippen molar-refractivity contribution in [3.8, 4) is 5.75 Å². The van der Waals surface area contributed by atoms with E-state index in [4.69, 9.17) is 9.47 Å². The van der Waals surface area contributed by atoms with E-state index in [-0.39, 0.29) is 12.0 Å². The molecule has 0 unspecified atom stereocenters. The highest BCUT2D eigenvalue weighted by Crippen LogP contribution is 2.30. The quantitative estimate of drug-likeness (QED) is 0.506. The Kier molecular flexibility index (Phi) is 9.14. The van der Waals surface area contributed by atoms with E-state index in [2.05, 4.69) is 26.1 Å². The first-order chi connectivity index (χ1) is 12.3. The van der Waals surface area contributed by atoms with Gasteiger partial charge >= 0.3 is 0 Å². The first kappa shape index (κ1) is 22.5. The monoisotopic (exact) mass is 363 g/mol. The molecule has 0 aromatic heterocycles. The molecule has 0 aliphatic heterocycles. The Labute approximate surface area is 159 Å². The van der Waals surface area contributed by atoms with Crippen molar-refractivity contribution in [2.45, 2.75) is 92.3 Å². The number of anilines is 1. The number of unbranched alkanes of at least 4 members (excludes halogenated alkanes) is 2. The van der Waals surface area contributed by atoms with Crippen LogP contribution in [0.4, 0.5) is 5.69 Å². The summed E-state index contributed by atoms with van der Waals surface area (Å²) in [6.45, 7) is 14.7. The number of ether oxygens (including phenoxy) is 2. The number of carbonyl (C=O) groups excluding carboxylic acids is 1. The van der Waals surface area contributed by atoms with E-state index >= 15 is 0 Å². The summed E-state index contributed by atoms with van der Waals surface area (Å²) in [7, 11) is 0. The molecule has 1 aromatic rings. The molecular weight excluding hydrogens is 326 g/mol. The van der Waals surface area contributed by atoms with Crippen LogP contribution in [0.3, 0.4) is 0 Å². The van der Waals surface area contributed by atoms with Crippen molar-refractivity contribution >= 4 is 11.6 Å². The summed E-state index contributed by atoms with van der Waals surface area (Å²) in [4.78, 5) is 12.9. The van der Waals surface area contributed by atoms with Crippen LogP contribution in [0.25, 0.3) is 0 Å². The number of amides is 1. The molecule has 0 heterocycles. The third kappa shape index (κ3) is 6.31. The van der Waals surface area contributed by atoms with Crippen LogP contribution in [-0.4, -0.2) is 24.2 Å². The van der Waals surface area contributed by atoms with E-state index in [9.17, 15) is 4.79 Å². The maximum absolute atomic E-state index is 12.9. The molecule has 26 heavy (non-hydrogen) atoms. The van der Waals surface area contributed by atoms with Gasteiger partial charge in [-0.25, -0.2) is 0 Å². The predicted octanol–water partition coefficient (Wildman–Crippen LogP) is 5.79. The van der Waals surface area contributed by atoms with Crippen molar-refractivity contribution in [2.75, 3.05) is 11.9 Å². The first-order valence-corrected chi connectivity index (χ1v) is 10.0. The minimum atomic E-state index is -0.794. The highest BCUT2D eigenvalue weighted by molar-refractivity contribution is 5.97. The van der Waals surface area contributed by atoms with E-state index in [1.165, 1.54) is 0 Å². The molecule has 2 atom stereocenters. The molecule has 1 rings (SSSR count). The lowest BCUT2D eigenvalue weighted by molar-refractivity contribution is -0.139. The van der Waals surface area contributed by atoms with Crippen molar-refractivity contribution < 1.29 is 14.3 Å². The third-order valence-corrected chi connectivity index (χ3v) is 4.81. The van der Waals surface area contributed by atoms with E-state index in [1.54, 1.807) is 0 Å². The lowest BCUT2D eigenvalue weighted by Gasteiger charge is -2.28. The molecule has 1 aromatic carbocycles. The zero-order chi connectivity index (χ0) is 19.7. The molecule has 0 saturated heterocycles. The Morgan fingerprint density at radius 3 is 2.27 bits per heavy atom. The smallest absolute Gasteiger partial charge is 0.256 e. The van der Waals surface area contributed by atoms with Gasteiger partial charge in [0.15, 0.2) is 0 Å². The minimum Gasteiger partial charge on any atom is -0.490 e. The van der Waals surface area contributed by atoms with Crippen LogP contribution in [0, 0.1) is 13.8 Å². The Hall–Kier alpha value is -1.55. The zero-order valence-corrected chi connectivity index (χ0v) is 17.7. The van der Waals surface area contributed by atoms with Gasteiger partial charge in [-0.05, 0) is 70.7 Å². The van der Waals surface area contributed by atoms with E-state index in [0.29, 0.717) is 6.61 Å². The Balaban J connectivity index is 2.93. The average Bonchev–Trinajstić information content (AvgIpc) is 2.58. The molecule has 0 radical (unpaired) electrons. The van der Waals surface area contributed by atoms with E-state index in [1.807, 2.05) is 39.8 Å². The average molecular weight is 364 g/mol. The molecule has 0 spiro atoms. The number of rotatable bonds is 11. The molecule has 0 saturated carbocycles. The van der Waals surface area contributed by atoms with Crippen LogP contribution >= 0.6 is 0 Å². The molecule has 4 heteroatoms. The second kappa shape index (κ2) is 10.6. The largest absolute Gasteiger partial charge is 0.490 e. The molecule has 1 N–H and O–H groups in total. The van der Waals surface area contributed by atoms with E-state index in [0.717, 1.165) is 54.7 Å². The Morgan fingerprint density at radius 1 is 1.15 bits per heavy atom. The van der Waals surface area contributed by atoms with Crippen LogP contribution in [0.15, 0.2) is 12.1 Å². The van der Waals surface area contributed by atoms with Gasteiger partial charge in [0.2, 0.25) is 0 Å². The molecular formula is C22H37NO3. The number of benzene rings is 1. The van der Waals surface area contributed by atoms with Crippen LogP contribution < -0.4 is 10.1 Å². The fourth-order valence-corrected chi connectivity index (χ4v) is 3.04. The second-order valence-corrected chi connectivity index (χ2v) is 7.35. The fraction of sp³-hybridized carbons (Fsp3) is 0.682. The fourth-order valence-electron chi connectivity index (χ4n) is 3.04. The number of hydrogen-bond acceptors (Lipinski definition) is 3. The van der Waals surface area contributed by atoms with Crippen molar-refractivity contribution in [1.82, 2.24) is 0 Å². The second-order valence-electron chi connectivity index (χ2n) is 7.35. The normalized spacial score (nSPS) is 14.6. The molecule has 0 aliphatic rings. The predicted molar refractivity (Wildman–Crippen MR) is 109 cm³/mol. The Morgan fingerprint density at radius 2 is 1.77 bits per heavy atom. The zero-order valence-electron chi connectivity index (χ0n) is 17.7. The van der Waals surface area contributed by atoms with Crippen molar-refractivity contribution in [1.29, 1.82) is 0 Å². The molecule has 0 fully saturated rings. The van der Waals surface area contributed by atoms with Gasteiger partial charge in [0, 0.05) is 12.3 Å². The summed E-state index contributed by atoms with van der Waals surface area (Å²) in [5.74, 6) is 0.831. The SMILES string of the molecule is CCCCC[C@@](C)(OCC)C(=O)Nc1cc(C)c(O[C@H](C)CC)c(C)c1. The minimum absolute atomic E-state index is 0.0788. The van der Waals surface area contributed by atoms with Gasteiger partial charge in [-0.15, -0.1) is 0 Å². The van der Waals surface area contributed by atoms with Crippen molar-refractivity contribution in [2.24, 2.45) is 0 Å². The lowest BCUT2D eigenvalue weighted by atomic mass is 9.96. The lowest BCUT2D eigenvalue weighted by Crippen LogP contribution is -2.42. The molecule has 1 amide bonds. The summed E-state index contributed by atoms with van der Waals surface area (Å²) >= 11 is 0. The summed E-state index contributed by atoms with van der Waals surface area (Å²) in [5, 5.41) is 3.05. The van der Waals surface area contributed by atoms with Crippen LogP contribution in [0.2, 0.25) is 0 Å². The maximum Gasteiger partial charge on any atom is 0.256 e. The van der Waals surface area contributed by atoms with Gasteiger partial charge in [-0.2, -0.15) is 0 Å². The summed E-state index contributed by atoms with van der Waals surface area (Å²) in [6, 6.07) is 3.95. The molecule has 4 nitrogen and oxygen atoms in total. The van der Waals surface area contributed by atoms with Gasteiger partial charge in [-0.1, -0.05) is 33.1 Å². The molecule has 0 aliphatic carbocycles. The van der Waals surface area contributed by atoms with Crippen LogP contribution in [0.5, 0.6) is 5.75 Å². The van der Waals surface area contributed by atoms with Crippen LogP contribution in [0.1, 0.15) is 77.8 Å². The third-order valence-electron chi connectivity index (χ3n) is 4.81. The summed E-state index contributed by atoms with van der Waals surface area (Å²) in [6.07, 6.45) is 5.08. The number of nitrogens with one attached hydrogen (secondary N) is 1. The highest BCUT2D eigenvalue weighted by atomic mass is 16.5. The number of hydrogen-bond donors (Lipinski definition) is 1. The molecule has 0 bridgehead atoms. The number of carbonyl (C=O) groups is 1. The Bertz CT molecular complexity index is 562. The van der Waals surface area contributed by atoms with Gasteiger partial charge in [0.05, 0.1) is 6.10 Å². The van der Waals surface area contributed by atoms with Crippen molar-refractivity contribution in [3.05, 3.63) is 23.3 Å². The van der Waals surface area contributed by atoms with Crippen molar-refractivity contribution in [3.63, 3.8) is 0 Å². The standard InChI is InChI=1S/C22H37NO3/c1-8-11-12-13-22(7,25-10-3)21(24)23-19-14-16(4)20(17(5)15-19)26-18(6)9-2/h14-15,18H,8-13H2,1-7H3,(H,23,24)/t18-,22-/m1/s1. The highest BCUT2D eigenvalue weighted by Gasteiger charge is 2.33. The maximum atomic E-state index is 12.9. The number of aryl methyl sites for hydroxylation is 2. The summed E-state index contributed by atoms with van der Waals surface area (Å²) < 4.78 is 11.8. The molecule has 148 valence electrons. The summed E-state index contributed by atoms with van der Waals surface area (Å²) in [5.41, 5.74) is 2.06. The topological polar surface area (TPSA) is 47.6 Å². The van der Waals surface area contributed by atoms with Gasteiger partial charge in [0.1, 0.15) is 11.4 Å². The van der Waals surface area contributed by atoms with Gasteiger partial charge in [0.25, 0.3) is 5.91 Å².